The van der Waals surface area contributed by atoms with Gasteiger partial charge in [-0.1, -0.05) is 48.5 Å². The molecule has 0 bridgehead atoms. The SMILES string of the molecule is O=C(NCC1CCC(CC(=O)N2CCCC2C(=O)O)C1)OCC1c2ccccc2-c2ccccc21. The lowest BCUT2D eigenvalue weighted by Gasteiger charge is -2.23. The van der Waals surface area contributed by atoms with E-state index in [9.17, 15) is 19.5 Å². The number of nitrogens with one attached hydrogen (secondary N) is 1. The lowest BCUT2D eigenvalue weighted by atomic mass is 9.98. The number of amides is 2. The monoisotopic (exact) mass is 476 g/mol. The third kappa shape index (κ3) is 4.90. The van der Waals surface area contributed by atoms with Crippen molar-refractivity contribution >= 4 is 18.0 Å². The first-order chi connectivity index (χ1) is 17.0. The van der Waals surface area contributed by atoms with Gasteiger partial charge >= 0.3 is 12.1 Å². The Morgan fingerprint density at radius 1 is 0.943 bits per heavy atom. The van der Waals surface area contributed by atoms with E-state index >= 15 is 0 Å². The average molecular weight is 477 g/mol. The van der Waals surface area contributed by atoms with Crippen LogP contribution in [0.4, 0.5) is 4.79 Å². The fourth-order valence-corrected chi connectivity index (χ4v) is 6.11. The van der Waals surface area contributed by atoms with Gasteiger partial charge in [0.2, 0.25) is 5.91 Å². The number of carbonyl (C=O) groups is 3. The van der Waals surface area contributed by atoms with Gasteiger partial charge in [0.15, 0.2) is 0 Å². The largest absolute Gasteiger partial charge is 0.480 e. The highest BCUT2D eigenvalue weighted by Gasteiger charge is 2.36. The summed E-state index contributed by atoms with van der Waals surface area (Å²) in [7, 11) is 0. The molecule has 1 saturated carbocycles. The van der Waals surface area contributed by atoms with Gasteiger partial charge < -0.3 is 20.1 Å². The number of carboxylic acid groups (broad SMARTS) is 1. The Balaban J connectivity index is 1.08. The lowest BCUT2D eigenvalue weighted by Crippen LogP contribution is -2.41. The molecule has 35 heavy (non-hydrogen) atoms. The van der Waals surface area contributed by atoms with E-state index in [1.54, 1.807) is 0 Å². The van der Waals surface area contributed by atoms with Crippen molar-refractivity contribution in [3.63, 3.8) is 0 Å². The van der Waals surface area contributed by atoms with Crippen molar-refractivity contribution in [1.29, 1.82) is 0 Å². The van der Waals surface area contributed by atoms with E-state index in [1.807, 2.05) is 24.3 Å². The van der Waals surface area contributed by atoms with Crippen LogP contribution in [0.2, 0.25) is 0 Å². The number of carboxylic acids is 1. The molecular weight excluding hydrogens is 444 g/mol. The molecule has 2 fully saturated rings. The van der Waals surface area contributed by atoms with Gasteiger partial charge in [-0.25, -0.2) is 9.59 Å². The maximum absolute atomic E-state index is 12.6. The molecule has 0 aromatic heterocycles. The molecule has 1 aliphatic heterocycles. The van der Waals surface area contributed by atoms with Crippen molar-refractivity contribution in [2.75, 3.05) is 19.7 Å². The number of aliphatic carboxylic acids is 1. The number of fused-ring (bicyclic) bond motifs is 3. The van der Waals surface area contributed by atoms with Gasteiger partial charge in [0.25, 0.3) is 0 Å². The number of hydrogen-bond donors (Lipinski definition) is 2. The smallest absolute Gasteiger partial charge is 0.407 e. The van der Waals surface area contributed by atoms with Crippen molar-refractivity contribution in [1.82, 2.24) is 10.2 Å². The van der Waals surface area contributed by atoms with Crippen LogP contribution in [-0.4, -0.2) is 53.7 Å². The number of carbonyl (C=O) groups excluding carboxylic acids is 2. The van der Waals surface area contributed by atoms with Crippen molar-refractivity contribution in [2.45, 2.75) is 50.5 Å². The predicted molar refractivity (Wildman–Crippen MR) is 131 cm³/mol. The van der Waals surface area contributed by atoms with Crippen LogP contribution in [0, 0.1) is 11.8 Å². The van der Waals surface area contributed by atoms with Gasteiger partial charge in [-0.05, 0) is 66.2 Å². The van der Waals surface area contributed by atoms with Crippen LogP contribution >= 0.6 is 0 Å². The molecule has 2 amide bonds. The number of hydrogen-bond acceptors (Lipinski definition) is 4. The van der Waals surface area contributed by atoms with Gasteiger partial charge in [-0.15, -0.1) is 0 Å². The van der Waals surface area contributed by atoms with E-state index in [0.717, 1.165) is 25.7 Å². The zero-order valence-corrected chi connectivity index (χ0v) is 19.8. The minimum Gasteiger partial charge on any atom is -0.480 e. The Labute approximate surface area is 205 Å². The second-order valence-electron chi connectivity index (χ2n) is 10.0. The van der Waals surface area contributed by atoms with Crippen LogP contribution in [0.15, 0.2) is 48.5 Å². The number of benzene rings is 2. The summed E-state index contributed by atoms with van der Waals surface area (Å²) in [6.45, 7) is 1.36. The normalized spacial score (nSPS) is 23.1. The van der Waals surface area contributed by atoms with Gasteiger partial charge in [0.1, 0.15) is 12.6 Å². The summed E-state index contributed by atoms with van der Waals surface area (Å²) in [5.41, 5.74) is 4.78. The Kier molecular flexibility index (Phi) is 6.75. The molecule has 7 heteroatoms. The molecule has 5 rings (SSSR count). The molecule has 3 unspecified atom stereocenters. The molecule has 7 nitrogen and oxygen atoms in total. The highest BCUT2D eigenvalue weighted by molar-refractivity contribution is 5.84. The van der Waals surface area contributed by atoms with E-state index in [2.05, 4.69) is 29.6 Å². The fourth-order valence-electron chi connectivity index (χ4n) is 6.11. The summed E-state index contributed by atoms with van der Waals surface area (Å²) >= 11 is 0. The van der Waals surface area contributed by atoms with Crippen molar-refractivity contribution in [3.05, 3.63) is 59.7 Å². The molecule has 184 valence electrons. The van der Waals surface area contributed by atoms with E-state index in [0.29, 0.717) is 38.5 Å². The standard InChI is InChI=1S/C28H32N2O5/c31-26(30-13-5-10-25(30)27(32)33)15-18-11-12-19(14-18)16-29-28(34)35-17-24-22-8-3-1-6-20(22)21-7-2-4-9-23(21)24/h1-4,6-9,18-19,24-25H,5,10-17H2,(H,29,34)(H,32,33). The second kappa shape index (κ2) is 10.1. The Hall–Kier alpha value is -3.35. The quantitative estimate of drug-likeness (QED) is 0.617. The number of ether oxygens (including phenoxy) is 1. The summed E-state index contributed by atoms with van der Waals surface area (Å²) in [6.07, 6.45) is 4.01. The zero-order valence-electron chi connectivity index (χ0n) is 19.8. The molecule has 2 aromatic rings. The van der Waals surface area contributed by atoms with Gasteiger partial charge in [-0.3, -0.25) is 4.79 Å². The van der Waals surface area contributed by atoms with Gasteiger partial charge in [0, 0.05) is 25.4 Å². The summed E-state index contributed by atoms with van der Waals surface area (Å²) in [5.74, 6) is -0.373. The van der Waals surface area contributed by atoms with Crippen molar-refractivity contribution < 1.29 is 24.2 Å². The number of rotatable bonds is 7. The Morgan fingerprint density at radius 3 is 2.29 bits per heavy atom. The topological polar surface area (TPSA) is 95.9 Å². The van der Waals surface area contributed by atoms with E-state index in [-0.39, 0.29) is 17.7 Å². The van der Waals surface area contributed by atoms with Crippen LogP contribution in [0.5, 0.6) is 0 Å². The van der Waals surface area contributed by atoms with Crippen LogP contribution < -0.4 is 5.32 Å². The second-order valence-corrected chi connectivity index (χ2v) is 10.0. The molecule has 0 spiro atoms. The molecular formula is C28H32N2O5. The predicted octanol–water partition coefficient (Wildman–Crippen LogP) is 4.41. The fraction of sp³-hybridized carbons (Fsp3) is 0.464. The number of nitrogens with zero attached hydrogens (tertiary/aromatic N) is 1. The van der Waals surface area contributed by atoms with Gasteiger partial charge in [-0.2, -0.15) is 0 Å². The third-order valence-electron chi connectivity index (χ3n) is 7.85. The summed E-state index contributed by atoms with van der Waals surface area (Å²) in [6, 6.07) is 15.9. The van der Waals surface area contributed by atoms with Crippen LogP contribution in [0.3, 0.4) is 0 Å². The molecule has 1 saturated heterocycles. The number of likely N-dealkylation sites (tertiary alicyclic amines) is 1. The first-order valence-electron chi connectivity index (χ1n) is 12.6. The molecule has 2 N–H and O–H groups in total. The molecule has 1 heterocycles. The highest BCUT2D eigenvalue weighted by atomic mass is 16.5. The van der Waals surface area contributed by atoms with Crippen molar-refractivity contribution in [3.8, 4) is 11.1 Å². The molecule has 3 atom stereocenters. The third-order valence-corrected chi connectivity index (χ3v) is 7.85. The van der Waals surface area contributed by atoms with Gasteiger partial charge in [0.05, 0.1) is 0 Å². The van der Waals surface area contributed by atoms with E-state index in [1.165, 1.54) is 27.2 Å². The van der Waals surface area contributed by atoms with Crippen LogP contribution in [0.1, 0.15) is 55.6 Å². The minimum absolute atomic E-state index is 0.0373. The maximum atomic E-state index is 12.6. The Bertz CT molecular complexity index is 1070. The average Bonchev–Trinajstić information content (AvgIpc) is 3.59. The number of alkyl carbamates (subject to hydrolysis) is 1. The van der Waals surface area contributed by atoms with E-state index in [4.69, 9.17) is 4.74 Å². The molecule has 2 aliphatic carbocycles. The summed E-state index contributed by atoms with van der Waals surface area (Å²) in [4.78, 5) is 38.0. The minimum atomic E-state index is -0.910. The lowest BCUT2D eigenvalue weighted by molar-refractivity contribution is -0.148. The zero-order chi connectivity index (χ0) is 24.4. The van der Waals surface area contributed by atoms with Crippen molar-refractivity contribution in [2.24, 2.45) is 11.8 Å². The first-order valence-corrected chi connectivity index (χ1v) is 12.6. The highest BCUT2D eigenvalue weighted by Crippen LogP contribution is 2.44. The molecule has 0 radical (unpaired) electrons. The maximum Gasteiger partial charge on any atom is 0.407 e. The first kappa shape index (κ1) is 23.4. The van der Waals surface area contributed by atoms with Crippen LogP contribution in [-0.2, 0) is 14.3 Å². The summed E-state index contributed by atoms with van der Waals surface area (Å²) < 4.78 is 5.63. The molecule has 3 aliphatic rings. The molecule has 2 aromatic carbocycles. The van der Waals surface area contributed by atoms with Crippen LogP contribution in [0.25, 0.3) is 11.1 Å². The Morgan fingerprint density at radius 2 is 1.60 bits per heavy atom. The van der Waals surface area contributed by atoms with E-state index < -0.39 is 18.1 Å². The summed E-state index contributed by atoms with van der Waals surface area (Å²) in [5, 5.41) is 12.2.